The van der Waals surface area contributed by atoms with E-state index in [2.05, 4.69) is 25.2 Å². The number of aromatic nitrogens is 6. The summed E-state index contributed by atoms with van der Waals surface area (Å²) in [6, 6.07) is 21.2. The minimum absolute atomic E-state index is 0.0774. The molecule has 304 valence electrons. The molecule has 0 fully saturated rings. The Hall–Kier alpha value is -6.51. The highest BCUT2D eigenvalue weighted by atomic mass is 17.1. The Morgan fingerprint density at radius 2 is 1.64 bits per heavy atom. The Morgan fingerprint density at radius 3 is 2.28 bits per heavy atom. The Kier molecular flexibility index (Phi) is 12.6. The average molecular weight is 800 g/mol. The minimum atomic E-state index is -1.48. The molecule has 0 aliphatic heterocycles. The molecule has 0 saturated heterocycles. The molecular weight excluding hydrogens is 758 g/mol. The Morgan fingerprint density at radius 1 is 0.948 bits per heavy atom. The highest BCUT2D eigenvalue weighted by Gasteiger charge is 2.33. The number of hydrogen-bond donors (Lipinski definition) is 3. The molecule has 0 saturated carbocycles. The van der Waals surface area contributed by atoms with E-state index in [1.165, 1.54) is 19.1 Å². The van der Waals surface area contributed by atoms with E-state index in [1.807, 2.05) is 55.5 Å². The van der Waals surface area contributed by atoms with Crippen LogP contribution >= 0.6 is 0 Å². The van der Waals surface area contributed by atoms with Crippen molar-refractivity contribution in [3.63, 3.8) is 0 Å². The first-order valence-corrected chi connectivity index (χ1v) is 18.0. The molecule has 3 aromatic heterocycles. The smallest absolute Gasteiger partial charge is 0.453 e. The molecule has 3 heterocycles. The molecule has 6 rings (SSSR count). The molecule has 3 N–H and O–H groups in total. The molecule has 19 heteroatoms. The van der Waals surface area contributed by atoms with Crippen molar-refractivity contribution in [3.8, 4) is 28.3 Å². The largest absolute Gasteiger partial charge is 0.519 e. The number of rotatable bonds is 16. The lowest BCUT2D eigenvalue weighted by Crippen LogP contribution is -2.23. The second-order valence-electron chi connectivity index (χ2n) is 13.5. The van der Waals surface area contributed by atoms with E-state index in [9.17, 15) is 19.5 Å². The maximum absolute atomic E-state index is 13.6. The van der Waals surface area contributed by atoms with Gasteiger partial charge >= 0.3 is 17.9 Å². The number of ether oxygens (including phenoxy) is 3. The number of aliphatic hydroxyl groups is 1. The summed E-state index contributed by atoms with van der Waals surface area (Å²) in [6.45, 7) is 7.90. The summed E-state index contributed by atoms with van der Waals surface area (Å²) in [5, 5.41) is 40.8. The summed E-state index contributed by atoms with van der Waals surface area (Å²) in [7, 11) is 0. The summed E-state index contributed by atoms with van der Waals surface area (Å²) < 4.78 is 27.7. The zero-order chi connectivity index (χ0) is 41.6. The lowest BCUT2D eigenvalue weighted by Gasteiger charge is -2.17. The Labute approximate surface area is 330 Å². The van der Waals surface area contributed by atoms with Crippen LogP contribution in [0.4, 0.5) is 4.79 Å². The number of nitrogens with zero attached hydrogens (tertiary/aromatic N) is 7. The Balaban J connectivity index is 1.17. The second-order valence-corrected chi connectivity index (χ2v) is 13.5. The van der Waals surface area contributed by atoms with E-state index in [0.29, 0.717) is 23.4 Å². The van der Waals surface area contributed by atoms with E-state index in [1.54, 1.807) is 37.5 Å². The lowest BCUT2D eigenvalue weighted by molar-refractivity contribution is -0.497. The van der Waals surface area contributed by atoms with Crippen LogP contribution in [0.1, 0.15) is 85.0 Å². The van der Waals surface area contributed by atoms with Gasteiger partial charge in [-0.25, -0.2) is 24.2 Å². The van der Waals surface area contributed by atoms with Gasteiger partial charge in [-0.15, -0.1) is 15.0 Å². The van der Waals surface area contributed by atoms with Gasteiger partial charge in [0, 0.05) is 18.5 Å². The quantitative estimate of drug-likeness (QED) is 0.0587. The van der Waals surface area contributed by atoms with E-state index in [4.69, 9.17) is 33.5 Å². The molecule has 6 aromatic rings. The number of esters is 1. The lowest BCUT2D eigenvalue weighted by atomic mass is 9.98. The average Bonchev–Trinajstić information content (AvgIpc) is 3.91. The molecule has 0 amide bonds. The van der Waals surface area contributed by atoms with Crippen LogP contribution in [0, 0.1) is 6.92 Å². The first-order valence-electron chi connectivity index (χ1n) is 18.0. The molecule has 19 nitrogen and oxygen atoms in total. The molecule has 0 bridgehead atoms. The van der Waals surface area contributed by atoms with Gasteiger partial charge in [-0.2, -0.15) is 0 Å². The van der Waals surface area contributed by atoms with Crippen LogP contribution in [-0.2, 0) is 46.1 Å². The highest BCUT2D eigenvalue weighted by molar-refractivity contribution is 5.89. The van der Waals surface area contributed by atoms with Gasteiger partial charge in [0.1, 0.15) is 22.9 Å². The van der Waals surface area contributed by atoms with Crippen LogP contribution in [0.2, 0.25) is 0 Å². The van der Waals surface area contributed by atoms with Gasteiger partial charge in [0.15, 0.2) is 23.8 Å². The van der Waals surface area contributed by atoms with E-state index in [-0.39, 0.29) is 54.2 Å². The molecule has 0 radical (unpaired) electrons. The second kappa shape index (κ2) is 17.7. The van der Waals surface area contributed by atoms with Crippen molar-refractivity contribution in [1.82, 2.24) is 35.1 Å². The number of carbonyl (C=O) groups excluding carboxylic acids is 2. The van der Waals surface area contributed by atoms with Gasteiger partial charge in [0.25, 0.3) is 0 Å². The fraction of sp³-hybridized carbons (Fsp3) is 0.308. The molecule has 0 aliphatic rings. The fourth-order valence-electron chi connectivity index (χ4n) is 5.90. The van der Waals surface area contributed by atoms with E-state index in [0.717, 1.165) is 27.9 Å². The fourth-order valence-corrected chi connectivity index (χ4v) is 5.90. The van der Waals surface area contributed by atoms with Crippen LogP contribution in [0.25, 0.3) is 22.5 Å². The predicted molar refractivity (Wildman–Crippen MR) is 199 cm³/mol. The molecule has 0 aliphatic carbocycles. The van der Waals surface area contributed by atoms with Gasteiger partial charge in [0.2, 0.25) is 12.1 Å². The summed E-state index contributed by atoms with van der Waals surface area (Å²) in [6.07, 6.45) is -0.740. The third kappa shape index (κ3) is 9.89. The predicted octanol–water partition coefficient (Wildman–Crippen LogP) is 5.89. The minimum Gasteiger partial charge on any atom is -0.453 e. The third-order valence-corrected chi connectivity index (χ3v) is 8.73. The molecule has 1 atom stereocenters. The summed E-state index contributed by atoms with van der Waals surface area (Å²) >= 11 is 0. The van der Waals surface area contributed by atoms with E-state index < -0.39 is 35.2 Å². The summed E-state index contributed by atoms with van der Waals surface area (Å²) in [4.78, 5) is 48.1. The number of aryl methyl sites for hydroxylation is 2. The van der Waals surface area contributed by atoms with Crippen molar-refractivity contribution < 1.29 is 53.0 Å². The van der Waals surface area contributed by atoms with Gasteiger partial charge in [-0.3, -0.25) is 10.4 Å². The van der Waals surface area contributed by atoms with Crippen molar-refractivity contribution in [1.29, 1.82) is 0 Å². The van der Waals surface area contributed by atoms with Crippen molar-refractivity contribution in [2.45, 2.75) is 79.0 Å². The normalized spacial score (nSPS) is 12.2. The molecule has 3 aromatic carbocycles. The number of imidazole rings is 1. The van der Waals surface area contributed by atoms with Gasteiger partial charge in [0.05, 0.1) is 12.0 Å². The van der Waals surface area contributed by atoms with Crippen LogP contribution in [-0.4, -0.2) is 62.8 Å². The van der Waals surface area contributed by atoms with Gasteiger partial charge in [-0.1, -0.05) is 67.6 Å². The van der Waals surface area contributed by atoms with E-state index >= 15 is 0 Å². The maximum Gasteiger partial charge on any atom is 0.519 e. The zero-order valence-corrected chi connectivity index (χ0v) is 32.2. The highest BCUT2D eigenvalue weighted by Crippen LogP contribution is 2.32. The Bertz CT molecular complexity index is 2410. The standard InChI is InChI=1S/C39H41N7O12/c1-6-9-32-40-34(39(4,5)50)33(36(47)53-22-31-23(2)55-37(48)58-31)44(32)20-25-12-16-27(17-13-25)29-10-7-8-11-30(29)35-41-43-45(42-35)24(3)56-38(49)57-28-18-14-26(15-19-28)21-54-46(51)52/h7-8,10-19,24,50-52H,6,9,20-22H2,1-5H3. The summed E-state index contributed by atoms with van der Waals surface area (Å²) in [5.41, 5.74) is 2.46. The SMILES string of the molecule is CCCc1nc(C(C)(C)O)c(C(=O)OCc2oc(=O)oc2C)n1Cc1ccc(-c2ccccc2-c2nnn(C(C)OC(=O)Oc3ccc(CON(O)O)cc3)n2)cc1. The number of hydrogen-bond acceptors (Lipinski definition) is 17. The van der Waals surface area contributed by atoms with Crippen LogP contribution in [0.3, 0.4) is 0 Å². The van der Waals surface area contributed by atoms with Crippen LogP contribution in [0.15, 0.2) is 86.4 Å². The van der Waals surface area contributed by atoms with Crippen molar-refractivity contribution in [2.75, 3.05) is 0 Å². The van der Waals surface area contributed by atoms with Crippen molar-refractivity contribution >= 4 is 12.1 Å². The third-order valence-electron chi connectivity index (χ3n) is 8.73. The molecular formula is C39H41N7O12. The molecule has 1 unspecified atom stereocenters. The van der Waals surface area contributed by atoms with Crippen molar-refractivity contribution in [3.05, 3.63) is 123 Å². The number of benzene rings is 3. The molecule has 58 heavy (non-hydrogen) atoms. The number of carbonyl (C=O) groups is 2. The van der Waals surface area contributed by atoms with Crippen LogP contribution in [0.5, 0.6) is 5.75 Å². The van der Waals surface area contributed by atoms with Gasteiger partial charge in [-0.05, 0) is 73.7 Å². The zero-order valence-electron chi connectivity index (χ0n) is 32.2. The molecule has 0 spiro atoms. The number of tetrazole rings is 1. The first-order chi connectivity index (χ1) is 27.7. The summed E-state index contributed by atoms with van der Waals surface area (Å²) in [5.74, 6) is -0.336. The van der Waals surface area contributed by atoms with Gasteiger partial charge < -0.3 is 32.7 Å². The van der Waals surface area contributed by atoms with Crippen molar-refractivity contribution in [2.24, 2.45) is 0 Å². The first kappa shape index (κ1) is 41.1. The topological polar surface area (TPSA) is 240 Å². The van der Waals surface area contributed by atoms with Crippen LogP contribution < -0.4 is 10.6 Å². The maximum atomic E-state index is 13.6. The monoisotopic (exact) mass is 799 g/mol.